The van der Waals surface area contributed by atoms with Crippen molar-refractivity contribution in [3.63, 3.8) is 0 Å². The first kappa shape index (κ1) is 27.8. The first-order valence-electron chi connectivity index (χ1n) is 14.2. The average Bonchev–Trinajstić information content (AvgIpc) is 3.46. The van der Waals surface area contributed by atoms with E-state index in [2.05, 4.69) is 56.7 Å². The summed E-state index contributed by atoms with van der Waals surface area (Å²) in [6, 6.07) is 19.9. The number of fused-ring (bicyclic) bond motifs is 1. The van der Waals surface area contributed by atoms with Crippen LogP contribution in [-0.2, 0) is 0 Å². The van der Waals surface area contributed by atoms with E-state index in [1.165, 1.54) is 0 Å². The van der Waals surface area contributed by atoms with Crippen molar-refractivity contribution in [1.82, 2.24) is 25.9 Å². The number of rotatable bonds is 10. The lowest BCUT2D eigenvalue weighted by molar-refractivity contribution is -0.0581. The molecule has 2 aromatic heterocycles. The second-order valence-corrected chi connectivity index (χ2v) is 11.3. The number of pyridine rings is 2. The standard InChI is InChI=1S/C32H33ClN8O/c1-2-27(21-8-4-3-5-9-21)38-29-23(16-34)18-36-31-25(29)14-24(15-26(31)33)37-30(22-10-6-13-35-17-22)28-19-41(40-39-28)20-32(42)11-7-12-32/h3-6,8-10,13-15,17-19,27,30,37,39-40,42H,2,7,11-12,20H2,1H3,(H,36,38)/t27-,30+/m1/s1. The summed E-state index contributed by atoms with van der Waals surface area (Å²) in [6.45, 7) is 2.60. The fraction of sp³-hybridized carbons (Fsp3) is 0.281. The van der Waals surface area contributed by atoms with Crippen LogP contribution in [0.3, 0.4) is 0 Å². The summed E-state index contributed by atoms with van der Waals surface area (Å²) in [4.78, 5) is 8.88. The molecule has 2 atom stereocenters. The number of hydrogen-bond acceptors (Lipinski definition) is 9. The zero-order valence-electron chi connectivity index (χ0n) is 23.3. The van der Waals surface area contributed by atoms with Gasteiger partial charge in [0.2, 0.25) is 0 Å². The lowest BCUT2D eigenvalue weighted by Crippen LogP contribution is -2.50. The SMILES string of the molecule is CC[C@@H](Nc1c(C#N)cnc2c(Cl)cc(N[C@H](C3=CN(CC4(O)CCC4)NN3)c3cccnc3)cc12)c1ccccc1. The zero-order valence-corrected chi connectivity index (χ0v) is 24.1. The van der Waals surface area contributed by atoms with Gasteiger partial charge in [0.05, 0.1) is 51.7 Å². The van der Waals surface area contributed by atoms with Crippen LogP contribution in [0.5, 0.6) is 0 Å². The monoisotopic (exact) mass is 580 g/mol. The summed E-state index contributed by atoms with van der Waals surface area (Å²) >= 11 is 6.82. The summed E-state index contributed by atoms with van der Waals surface area (Å²) in [5.74, 6) is 0. The number of nitriles is 1. The smallest absolute Gasteiger partial charge is 0.103 e. The van der Waals surface area contributed by atoms with Gasteiger partial charge in [0.25, 0.3) is 0 Å². The van der Waals surface area contributed by atoms with Crippen LogP contribution in [0.1, 0.15) is 61.4 Å². The van der Waals surface area contributed by atoms with E-state index >= 15 is 0 Å². The van der Waals surface area contributed by atoms with Crippen LogP contribution in [0.25, 0.3) is 10.9 Å². The molecule has 1 aliphatic heterocycles. The topological polar surface area (TPSA) is 121 Å². The summed E-state index contributed by atoms with van der Waals surface area (Å²) in [5, 5.41) is 31.0. The van der Waals surface area contributed by atoms with Crippen LogP contribution < -0.4 is 21.6 Å². The van der Waals surface area contributed by atoms with Gasteiger partial charge in [0, 0.05) is 35.9 Å². The molecule has 0 spiro atoms. The molecule has 0 bridgehead atoms. The predicted molar refractivity (Wildman–Crippen MR) is 165 cm³/mol. The van der Waals surface area contributed by atoms with Gasteiger partial charge in [-0.05, 0) is 55.0 Å². The number of anilines is 2. The van der Waals surface area contributed by atoms with Crippen molar-refractivity contribution in [3.8, 4) is 6.07 Å². The summed E-state index contributed by atoms with van der Waals surface area (Å²) < 4.78 is 0. The van der Waals surface area contributed by atoms with E-state index in [4.69, 9.17) is 11.6 Å². The fourth-order valence-electron chi connectivity index (χ4n) is 5.58. The molecule has 3 heterocycles. The molecule has 10 heteroatoms. The summed E-state index contributed by atoms with van der Waals surface area (Å²) in [7, 11) is 0. The number of β-amino-alcohol motifs (C(OH)–C–C–N with tert-alkyl or cyclic N) is 1. The van der Waals surface area contributed by atoms with Crippen molar-refractivity contribution in [2.24, 2.45) is 0 Å². The van der Waals surface area contributed by atoms with Gasteiger partial charge in [-0.15, -0.1) is 5.53 Å². The van der Waals surface area contributed by atoms with Crippen molar-refractivity contribution in [2.75, 3.05) is 17.2 Å². The van der Waals surface area contributed by atoms with Crippen molar-refractivity contribution in [1.29, 1.82) is 5.26 Å². The Morgan fingerprint density at radius 2 is 1.93 bits per heavy atom. The van der Waals surface area contributed by atoms with Crippen LogP contribution in [0.15, 0.2) is 85.1 Å². The largest absolute Gasteiger partial charge is 0.388 e. The normalized spacial score (nSPS) is 17.0. The Hall–Kier alpha value is -4.36. The second kappa shape index (κ2) is 11.9. The molecule has 6 rings (SSSR count). The minimum atomic E-state index is -0.672. The highest BCUT2D eigenvalue weighted by molar-refractivity contribution is 6.35. The average molecular weight is 581 g/mol. The van der Waals surface area contributed by atoms with E-state index in [1.807, 2.05) is 59.9 Å². The maximum absolute atomic E-state index is 10.7. The third-order valence-corrected chi connectivity index (χ3v) is 8.29. The second-order valence-electron chi connectivity index (χ2n) is 10.9. The molecular weight excluding hydrogens is 548 g/mol. The number of aromatic nitrogens is 2. The van der Waals surface area contributed by atoms with E-state index in [0.29, 0.717) is 28.3 Å². The van der Waals surface area contributed by atoms with E-state index in [-0.39, 0.29) is 12.1 Å². The molecule has 0 unspecified atom stereocenters. The Bertz CT molecular complexity index is 1640. The Morgan fingerprint density at radius 1 is 1.12 bits per heavy atom. The molecule has 0 amide bonds. The predicted octanol–water partition coefficient (Wildman–Crippen LogP) is 5.95. The van der Waals surface area contributed by atoms with E-state index in [0.717, 1.165) is 53.6 Å². The molecule has 0 radical (unpaired) electrons. The first-order chi connectivity index (χ1) is 20.5. The molecule has 42 heavy (non-hydrogen) atoms. The third-order valence-electron chi connectivity index (χ3n) is 8.00. The molecule has 1 fully saturated rings. The van der Waals surface area contributed by atoms with Gasteiger partial charge in [0.15, 0.2) is 0 Å². The Morgan fingerprint density at radius 3 is 2.62 bits per heavy atom. The van der Waals surface area contributed by atoms with Gasteiger partial charge in [-0.2, -0.15) is 5.26 Å². The molecule has 214 valence electrons. The van der Waals surface area contributed by atoms with E-state index in [9.17, 15) is 10.4 Å². The zero-order chi connectivity index (χ0) is 29.1. The summed E-state index contributed by atoms with van der Waals surface area (Å²) in [6.07, 6.45) is 10.6. The molecule has 9 nitrogen and oxygen atoms in total. The van der Waals surface area contributed by atoms with Crippen molar-refractivity contribution in [3.05, 3.63) is 107 Å². The van der Waals surface area contributed by atoms with Crippen LogP contribution >= 0.6 is 11.6 Å². The highest BCUT2D eigenvalue weighted by Crippen LogP contribution is 2.38. The van der Waals surface area contributed by atoms with Crippen LogP contribution in [-0.4, -0.2) is 32.2 Å². The molecule has 5 N–H and O–H groups in total. The van der Waals surface area contributed by atoms with Gasteiger partial charge < -0.3 is 21.2 Å². The lowest BCUT2D eigenvalue weighted by atomic mass is 9.80. The highest BCUT2D eigenvalue weighted by atomic mass is 35.5. The van der Waals surface area contributed by atoms with Crippen LogP contribution in [0, 0.1) is 11.3 Å². The summed E-state index contributed by atoms with van der Waals surface area (Å²) in [5.41, 5.74) is 11.2. The van der Waals surface area contributed by atoms with Crippen molar-refractivity contribution in [2.45, 2.75) is 50.3 Å². The van der Waals surface area contributed by atoms with Crippen molar-refractivity contribution >= 4 is 33.9 Å². The molecule has 1 aliphatic carbocycles. The Labute approximate surface area is 250 Å². The van der Waals surface area contributed by atoms with E-state index in [1.54, 1.807) is 12.4 Å². The number of nitrogens with zero attached hydrogens (tertiary/aromatic N) is 4. The maximum Gasteiger partial charge on any atom is 0.103 e. The number of hydrazine groups is 2. The third kappa shape index (κ3) is 5.70. The maximum atomic E-state index is 10.7. The Balaban J connectivity index is 1.37. The highest BCUT2D eigenvalue weighted by Gasteiger charge is 2.37. The quantitative estimate of drug-likeness (QED) is 0.155. The number of hydrogen-bond donors (Lipinski definition) is 5. The molecule has 0 saturated heterocycles. The van der Waals surface area contributed by atoms with Crippen LogP contribution in [0.4, 0.5) is 11.4 Å². The molecule has 2 aromatic carbocycles. The molecule has 4 aromatic rings. The lowest BCUT2D eigenvalue weighted by Gasteiger charge is -2.38. The van der Waals surface area contributed by atoms with Crippen molar-refractivity contribution < 1.29 is 5.11 Å². The number of halogens is 1. The number of benzene rings is 2. The first-order valence-corrected chi connectivity index (χ1v) is 14.6. The number of nitrogens with one attached hydrogen (secondary N) is 4. The fourth-order valence-corrected chi connectivity index (χ4v) is 5.85. The molecule has 2 aliphatic rings. The Kier molecular flexibility index (Phi) is 7.85. The van der Waals surface area contributed by atoms with Gasteiger partial charge in [-0.1, -0.05) is 54.9 Å². The minimum absolute atomic E-state index is 0.00202. The minimum Gasteiger partial charge on any atom is -0.388 e. The van der Waals surface area contributed by atoms with Gasteiger partial charge in [-0.3, -0.25) is 15.0 Å². The number of aliphatic hydroxyl groups is 1. The van der Waals surface area contributed by atoms with Gasteiger partial charge in [-0.25, -0.2) is 0 Å². The van der Waals surface area contributed by atoms with Crippen LogP contribution in [0.2, 0.25) is 5.02 Å². The van der Waals surface area contributed by atoms with Gasteiger partial charge >= 0.3 is 0 Å². The molecular formula is C32H33ClN8O. The molecule has 1 saturated carbocycles. The van der Waals surface area contributed by atoms with E-state index < -0.39 is 5.60 Å². The van der Waals surface area contributed by atoms with Gasteiger partial charge in [0.1, 0.15) is 6.07 Å².